The van der Waals surface area contributed by atoms with Gasteiger partial charge in [-0.3, -0.25) is 9.59 Å². The quantitative estimate of drug-likeness (QED) is 0.624. The number of carbonyl (C=O) groups excluding carboxylic acids is 2. The average molecular weight is 351 g/mol. The maximum Gasteiger partial charge on any atom is 0.312 e. The number of aliphatic hydroxyl groups is 1. The van der Waals surface area contributed by atoms with E-state index in [1.54, 1.807) is 12.1 Å². The molecule has 0 radical (unpaired) electrons. The Balaban J connectivity index is 2.03. The fourth-order valence-corrected chi connectivity index (χ4v) is 4.71. The largest absolute Gasteiger partial charge is 0.469 e. The van der Waals surface area contributed by atoms with Crippen molar-refractivity contribution < 1.29 is 27.9 Å². The third-order valence-electron chi connectivity index (χ3n) is 4.49. The first-order valence-corrected chi connectivity index (χ1v) is 8.81. The SMILES string of the molecule is COC(=O)C1CC2C=CC1(O)C(=O)N2S(=O)(=O)c1ccc(C)cc1. The zero-order valence-corrected chi connectivity index (χ0v) is 14.0. The molecule has 3 aliphatic rings. The van der Waals surface area contributed by atoms with E-state index >= 15 is 0 Å². The van der Waals surface area contributed by atoms with E-state index < -0.39 is 39.5 Å². The van der Waals surface area contributed by atoms with Gasteiger partial charge in [-0.2, -0.15) is 0 Å². The first-order valence-electron chi connectivity index (χ1n) is 7.37. The summed E-state index contributed by atoms with van der Waals surface area (Å²) < 4.78 is 30.9. The van der Waals surface area contributed by atoms with Gasteiger partial charge in [0.15, 0.2) is 5.60 Å². The van der Waals surface area contributed by atoms with Crippen molar-refractivity contribution in [2.75, 3.05) is 7.11 Å². The van der Waals surface area contributed by atoms with E-state index in [0.717, 1.165) is 12.7 Å². The number of nitrogens with zero attached hydrogens (tertiary/aromatic N) is 1. The summed E-state index contributed by atoms with van der Waals surface area (Å²) in [7, 11) is -2.98. The second-order valence-electron chi connectivity index (χ2n) is 5.98. The van der Waals surface area contributed by atoms with Crippen molar-refractivity contribution in [2.24, 2.45) is 5.92 Å². The molecule has 0 saturated carbocycles. The van der Waals surface area contributed by atoms with Crippen LogP contribution in [0.5, 0.6) is 0 Å². The van der Waals surface area contributed by atoms with Gasteiger partial charge in [0.1, 0.15) is 5.92 Å². The van der Waals surface area contributed by atoms with Crippen LogP contribution in [0, 0.1) is 12.8 Å². The van der Waals surface area contributed by atoms with Crippen molar-refractivity contribution in [3.05, 3.63) is 42.0 Å². The molecule has 2 bridgehead atoms. The van der Waals surface area contributed by atoms with Crippen LogP contribution in [0.25, 0.3) is 0 Å². The first-order chi connectivity index (χ1) is 11.2. The summed E-state index contributed by atoms with van der Waals surface area (Å²) in [4.78, 5) is 24.5. The number of hydrogen-bond acceptors (Lipinski definition) is 6. The van der Waals surface area contributed by atoms with E-state index in [9.17, 15) is 23.1 Å². The Morgan fingerprint density at radius 1 is 1.33 bits per heavy atom. The third kappa shape index (κ3) is 2.25. The molecule has 2 aliphatic heterocycles. The fourth-order valence-electron chi connectivity index (χ4n) is 3.12. The molecule has 3 atom stereocenters. The number of carbonyl (C=O) groups is 2. The predicted molar refractivity (Wildman–Crippen MR) is 83.2 cm³/mol. The number of aryl methyl sites for hydroxylation is 1. The molecule has 1 N–H and O–H groups in total. The van der Waals surface area contributed by atoms with Crippen LogP contribution >= 0.6 is 0 Å². The summed E-state index contributed by atoms with van der Waals surface area (Å²) in [5.41, 5.74) is -1.33. The Bertz CT molecular complexity index is 829. The van der Waals surface area contributed by atoms with Crippen molar-refractivity contribution in [3.8, 4) is 0 Å². The van der Waals surface area contributed by atoms with E-state index in [-0.39, 0.29) is 11.3 Å². The van der Waals surface area contributed by atoms with Gasteiger partial charge in [-0.25, -0.2) is 12.7 Å². The number of hydrogen-bond donors (Lipinski definition) is 1. The van der Waals surface area contributed by atoms with Gasteiger partial charge in [0, 0.05) is 0 Å². The summed E-state index contributed by atoms with van der Waals surface area (Å²) in [6.07, 6.45) is 2.61. The van der Waals surface area contributed by atoms with Crippen molar-refractivity contribution in [3.63, 3.8) is 0 Å². The maximum absolute atomic E-state index is 12.8. The fraction of sp³-hybridized carbons (Fsp3) is 0.375. The molecular weight excluding hydrogens is 334 g/mol. The molecule has 128 valence electrons. The summed E-state index contributed by atoms with van der Waals surface area (Å²) in [6, 6.07) is 5.24. The lowest BCUT2D eigenvalue weighted by Gasteiger charge is -2.47. The highest BCUT2D eigenvalue weighted by Gasteiger charge is 2.60. The minimum absolute atomic E-state index is 0.0174. The molecule has 1 aromatic carbocycles. The molecule has 4 rings (SSSR count). The zero-order chi connectivity index (χ0) is 17.7. The Hall–Kier alpha value is -2.19. The smallest absolute Gasteiger partial charge is 0.312 e. The standard InChI is InChI=1S/C16H17NO6S/c1-10-3-5-12(6-4-10)24(21,22)17-11-7-8-16(20,15(17)19)13(9-11)14(18)23-2/h3-8,11,13,20H,9H2,1-2H3. The highest BCUT2D eigenvalue weighted by molar-refractivity contribution is 7.89. The van der Waals surface area contributed by atoms with Gasteiger partial charge in [0.25, 0.3) is 15.9 Å². The number of methoxy groups -OCH3 is 1. The maximum atomic E-state index is 12.8. The number of ether oxygens (including phenoxy) is 1. The molecule has 1 aromatic rings. The van der Waals surface area contributed by atoms with E-state index in [4.69, 9.17) is 0 Å². The number of amides is 1. The summed E-state index contributed by atoms with van der Waals surface area (Å²) in [5.74, 6) is -2.89. The van der Waals surface area contributed by atoms with E-state index in [2.05, 4.69) is 4.74 Å². The molecule has 0 spiro atoms. The molecule has 8 heteroatoms. The summed E-state index contributed by atoms with van der Waals surface area (Å²) >= 11 is 0. The molecule has 0 aromatic heterocycles. The van der Waals surface area contributed by atoms with Crippen LogP contribution in [0.1, 0.15) is 12.0 Å². The number of fused-ring (bicyclic) bond motifs is 2. The molecule has 3 unspecified atom stereocenters. The number of piperidine rings is 1. The normalized spacial score (nSPS) is 29.0. The Kier molecular flexibility index (Phi) is 3.76. The Morgan fingerprint density at radius 2 is 1.96 bits per heavy atom. The van der Waals surface area contributed by atoms with E-state index in [1.807, 2.05) is 6.92 Å². The Labute approximate surface area is 139 Å². The van der Waals surface area contributed by atoms with Crippen molar-refractivity contribution in [2.45, 2.75) is 29.9 Å². The Morgan fingerprint density at radius 3 is 2.54 bits per heavy atom. The minimum atomic E-state index is -4.13. The van der Waals surface area contributed by atoms with Gasteiger partial charge in [-0.15, -0.1) is 0 Å². The van der Waals surface area contributed by atoms with Gasteiger partial charge in [-0.1, -0.05) is 23.8 Å². The molecule has 1 aliphatic carbocycles. The second-order valence-corrected chi connectivity index (χ2v) is 7.80. The number of esters is 1. The van der Waals surface area contributed by atoms with Crippen LogP contribution < -0.4 is 0 Å². The molecular formula is C16H17NO6S. The summed E-state index contributed by atoms with van der Waals surface area (Å²) in [5, 5.41) is 10.6. The highest BCUT2D eigenvalue weighted by atomic mass is 32.2. The van der Waals surface area contributed by atoms with Crippen LogP contribution in [0.15, 0.2) is 41.3 Å². The van der Waals surface area contributed by atoms with Crippen LogP contribution in [-0.2, 0) is 24.3 Å². The van der Waals surface area contributed by atoms with Gasteiger partial charge >= 0.3 is 5.97 Å². The van der Waals surface area contributed by atoms with Crippen LogP contribution in [0.3, 0.4) is 0 Å². The highest BCUT2D eigenvalue weighted by Crippen LogP contribution is 2.42. The molecule has 1 amide bonds. The van der Waals surface area contributed by atoms with E-state index in [0.29, 0.717) is 4.31 Å². The van der Waals surface area contributed by atoms with Gasteiger partial charge in [-0.05, 0) is 31.6 Å². The molecule has 1 fully saturated rings. The number of benzene rings is 1. The van der Waals surface area contributed by atoms with Crippen LogP contribution in [-0.4, -0.2) is 48.5 Å². The lowest BCUT2D eigenvalue weighted by atomic mass is 9.73. The van der Waals surface area contributed by atoms with Gasteiger partial charge in [0.05, 0.1) is 18.0 Å². The number of rotatable bonds is 3. The van der Waals surface area contributed by atoms with Crippen LogP contribution in [0.2, 0.25) is 0 Å². The van der Waals surface area contributed by atoms with Crippen LogP contribution in [0.4, 0.5) is 0 Å². The van der Waals surface area contributed by atoms with Crippen molar-refractivity contribution in [1.29, 1.82) is 0 Å². The zero-order valence-electron chi connectivity index (χ0n) is 13.2. The lowest BCUT2D eigenvalue weighted by molar-refractivity contribution is -0.171. The molecule has 7 nitrogen and oxygen atoms in total. The molecule has 2 heterocycles. The topological polar surface area (TPSA) is 101 Å². The molecule has 1 saturated heterocycles. The number of sulfonamides is 1. The minimum Gasteiger partial charge on any atom is -0.469 e. The van der Waals surface area contributed by atoms with Crippen molar-refractivity contribution >= 4 is 21.9 Å². The van der Waals surface area contributed by atoms with E-state index in [1.165, 1.54) is 24.3 Å². The second kappa shape index (κ2) is 5.42. The van der Waals surface area contributed by atoms with Gasteiger partial charge < -0.3 is 9.84 Å². The monoisotopic (exact) mass is 351 g/mol. The molecule has 24 heavy (non-hydrogen) atoms. The van der Waals surface area contributed by atoms with Gasteiger partial charge in [0.2, 0.25) is 0 Å². The van der Waals surface area contributed by atoms with Crippen molar-refractivity contribution in [1.82, 2.24) is 4.31 Å². The lowest BCUT2D eigenvalue weighted by Crippen LogP contribution is -2.66. The third-order valence-corrected chi connectivity index (χ3v) is 6.31. The first kappa shape index (κ1) is 16.7. The average Bonchev–Trinajstić information content (AvgIpc) is 2.55. The predicted octanol–water partition coefficient (Wildman–Crippen LogP) is 0.375. The summed E-state index contributed by atoms with van der Waals surface area (Å²) in [6.45, 7) is 1.82.